The molecule has 106 valence electrons. The van der Waals surface area contributed by atoms with Crippen LogP contribution in [0.15, 0.2) is 39.6 Å². The van der Waals surface area contributed by atoms with Crippen molar-refractivity contribution in [2.45, 2.75) is 26.7 Å². The van der Waals surface area contributed by atoms with Crippen molar-refractivity contribution < 1.29 is 13.5 Å². The Kier molecular flexibility index (Phi) is 4.56. The lowest BCUT2D eigenvalue weighted by Crippen LogP contribution is -2.06. The minimum absolute atomic E-state index is 0.0502. The molecule has 2 aromatic rings. The maximum absolute atomic E-state index is 14.2. The molecule has 0 radical (unpaired) electrons. The molecule has 0 bridgehead atoms. The van der Waals surface area contributed by atoms with E-state index in [-0.39, 0.29) is 11.1 Å². The average molecular weight is 276 g/mol. The Labute approximate surface area is 116 Å². The first-order chi connectivity index (χ1) is 9.67. The Morgan fingerprint density at radius 2 is 2.20 bits per heavy atom. The predicted molar refractivity (Wildman–Crippen MR) is 76.7 cm³/mol. The summed E-state index contributed by atoms with van der Waals surface area (Å²) in [5.41, 5.74) is -0.656. The molecular formula is C16H17FO3. The summed E-state index contributed by atoms with van der Waals surface area (Å²) >= 11 is 0. The normalized spacial score (nSPS) is 11.3. The third-order valence-corrected chi connectivity index (χ3v) is 2.98. The molecule has 0 amide bonds. The minimum atomic E-state index is -0.656. The summed E-state index contributed by atoms with van der Waals surface area (Å²) in [6, 6.07) is 4.93. The van der Waals surface area contributed by atoms with E-state index >= 15 is 0 Å². The van der Waals surface area contributed by atoms with E-state index in [9.17, 15) is 9.18 Å². The molecule has 1 aromatic carbocycles. The predicted octanol–water partition coefficient (Wildman–Crippen LogP) is 3.84. The Morgan fingerprint density at radius 3 is 2.90 bits per heavy atom. The fourth-order valence-corrected chi connectivity index (χ4v) is 2.06. The van der Waals surface area contributed by atoms with Crippen LogP contribution < -0.4 is 10.4 Å². The molecule has 20 heavy (non-hydrogen) atoms. The summed E-state index contributed by atoms with van der Waals surface area (Å²) in [5.74, 6) is -0.0174. The van der Waals surface area contributed by atoms with E-state index in [0.717, 1.165) is 6.42 Å². The van der Waals surface area contributed by atoms with Crippen molar-refractivity contribution in [3.05, 3.63) is 52.3 Å². The third kappa shape index (κ3) is 2.90. The molecule has 0 aliphatic heterocycles. The van der Waals surface area contributed by atoms with Gasteiger partial charge in [0.1, 0.15) is 11.1 Å². The maximum Gasteiger partial charge on any atom is 0.346 e. The molecule has 0 aliphatic rings. The van der Waals surface area contributed by atoms with E-state index < -0.39 is 11.4 Å². The molecule has 0 fully saturated rings. The lowest BCUT2D eigenvalue weighted by Gasteiger charge is -2.07. The Morgan fingerprint density at radius 1 is 1.40 bits per heavy atom. The van der Waals surface area contributed by atoms with Gasteiger partial charge in [0.2, 0.25) is 0 Å². The zero-order valence-electron chi connectivity index (χ0n) is 11.6. The summed E-state index contributed by atoms with van der Waals surface area (Å²) < 4.78 is 24.5. The highest BCUT2D eigenvalue weighted by Crippen LogP contribution is 2.25. The van der Waals surface area contributed by atoms with E-state index in [1.807, 2.05) is 19.1 Å². The Hall–Kier alpha value is -2.10. The van der Waals surface area contributed by atoms with Crippen molar-refractivity contribution in [1.29, 1.82) is 0 Å². The number of benzene rings is 1. The molecule has 0 aliphatic carbocycles. The number of ether oxygens (including phenoxy) is 1. The van der Waals surface area contributed by atoms with Crippen molar-refractivity contribution in [1.82, 2.24) is 0 Å². The van der Waals surface area contributed by atoms with Crippen LogP contribution in [0, 0.1) is 5.82 Å². The van der Waals surface area contributed by atoms with E-state index in [4.69, 9.17) is 9.15 Å². The SMILES string of the molecule is C/C=C/CCc1cc2ccc(OCC)c(F)c2c(=O)o1. The number of hydrogen-bond donors (Lipinski definition) is 0. The number of halogens is 1. The molecule has 3 nitrogen and oxygen atoms in total. The second-order valence-electron chi connectivity index (χ2n) is 4.38. The second-order valence-corrected chi connectivity index (χ2v) is 4.38. The minimum Gasteiger partial charge on any atom is -0.491 e. The number of aryl methyl sites for hydroxylation is 1. The summed E-state index contributed by atoms with van der Waals surface area (Å²) in [7, 11) is 0. The van der Waals surface area contributed by atoms with Gasteiger partial charge in [0.25, 0.3) is 0 Å². The number of allylic oxidation sites excluding steroid dienone is 2. The average Bonchev–Trinajstić information content (AvgIpc) is 2.42. The molecule has 4 heteroatoms. The zero-order valence-corrected chi connectivity index (χ0v) is 11.6. The monoisotopic (exact) mass is 276 g/mol. The highest BCUT2D eigenvalue weighted by molar-refractivity contribution is 5.83. The summed E-state index contributed by atoms with van der Waals surface area (Å²) in [5, 5.41) is 0.489. The lowest BCUT2D eigenvalue weighted by molar-refractivity contribution is 0.322. The third-order valence-electron chi connectivity index (χ3n) is 2.98. The Balaban J connectivity index is 2.46. The van der Waals surface area contributed by atoms with Gasteiger partial charge < -0.3 is 9.15 Å². The molecule has 0 unspecified atom stereocenters. The smallest absolute Gasteiger partial charge is 0.346 e. The first-order valence-electron chi connectivity index (χ1n) is 6.66. The van der Waals surface area contributed by atoms with Crippen LogP contribution in [0.4, 0.5) is 4.39 Å². The Bertz CT molecular complexity index is 686. The van der Waals surface area contributed by atoms with Gasteiger partial charge in [-0.2, -0.15) is 0 Å². The molecular weight excluding hydrogens is 259 g/mol. The lowest BCUT2D eigenvalue weighted by atomic mass is 10.1. The van der Waals surface area contributed by atoms with Gasteiger partial charge in [0.05, 0.1) is 6.61 Å². The second kappa shape index (κ2) is 6.37. The van der Waals surface area contributed by atoms with Gasteiger partial charge in [-0.3, -0.25) is 0 Å². The molecule has 2 rings (SSSR count). The molecule has 1 aromatic heterocycles. The molecule has 1 heterocycles. The molecule has 0 saturated carbocycles. The van der Waals surface area contributed by atoms with E-state index in [1.165, 1.54) is 6.07 Å². The van der Waals surface area contributed by atoms with Gasteiger partial charge in [0.15, 0.2) is 11.6 Å². The van der Waals surface area contributed by atoms with Gasteiger partial charge in [-0.15, -0.1) is 0 Å². The fourth-order valence-electron chi connectivity index (χ4n) is 2.06. The van der Waals surface area contributed by atoms with Crippen molar-refractivity contribution in [3.63, 3.8) is 0 Å². The van der Waals surface area contributed by atoms with Gasteiger partial charge >= 0.3 is 5.63 Å². The van der Waals surface area contributed by atoms with Crippen molar-refractivity contribution >= 4 is 10.8 Å². The van der Waals surface area contributed by atoms with Crippen LogP contribution in [0.25, 0.3) is 10.8 Å². The quantitative estimate of drug-likeness (QED) is 0.779. The van der Waals surface area contributed by atoms with Crippen molar-refractivity contribution in [2.75, 3.05) is 6.61 Å². The highest BCUT2D eigenvalue weighted by Gasteiger charge is 2.14. The number of hydrogen-bond acceptors (Lipinski definition) is 3. The van der Waals surface area contributed by atoms with Crippen LogP contribution in [-0.2, 0) is 6.42 Å². The van der Waals surface area contributed by atoms with Gasteiger partial charge in [0, 0.05) is 6.42 Å². The van der Waals surface area contributed by atoms with E-state index in [2.05, 4.69) is 0 Å². The van der Waals surface area contributed by atoms with E-state index in [0.29, 0.717) is 24.2 Å². The zero-order chi connectivity index (χ0) is 14.5. The maximum atomic E-state index is 14.2. The summed E-state index contributed by atoms with van der Waals surface area (Å²) in [6.45, 7) is 4.03. The van der Waals surface area contributed by atoms with Gasteiger partial charge in [-0.1, -0.05) is 18.2 Å². The number of rotatable bonds is 5. The molecule has 0 saturated heterocycles. The first-order valence-corrected chi connectivity index (χ1v) is 6.66. The van der Waals surface area contributed by atoms with Crippen LogP contribution in [-0.4, -0.2) is 6.61 Å². The summed E-state index contributed by atoms with van der Waals surface area (Å²) in [4.78, 5) is 11.9. The topological polar surface area (TPSA) is 39.4 Å². The highest BCUT2D eigenvalue weighted by atomic mass is 19.1. The summed E-state index contributed by atoms with van der Waals surface area (Å²) in [6.07, 6.45) is 5.32. The molecule has 0 N–H and O–H groups in total. The van der Waals surface area contributed by atoms with Crippen molar-refractivity contribution in [3.8, 4) is 5.75 Å². The van der Waals surface area contributed by atoms with Gasteiger partial charge in [-0.25, -0.2) is 9.18 Å². The first kappa shape index (κ1) is 14.3. The molecule has 0 atom stereocenters. The largest absolute Gasteiger partial charge is 0.491 e. The van der Waals surface area contributed by atoms with Crippen LogP contribution >= 0.6 is 0 Å². The van der Waals surface area contributed by atoms with Crippen LogP contribution in [0.5, 0.6) is 5.75 Å². The van der Waals surface area contributed by atoms with Crippen LogP contribution in [0.3, 0.4) is 0 Å². The number of fused-ring (bicyclic) bond motifs is 1. The van der Waals surface area contributed by atoms with Crippen molar-refractivity contribution in [2.24, 2.45) is 0 Å². The van der Waals surface area contributed by atoms with Crippen LogP contribution in [0.2, 0.25) is 0 Å². The van der Waals surface area contributed by atoms with Gasteiger partial charge in [-0.05, 0) is 37.8 Å². The molecule has 0 spiro atoms. The van der Waals surface area contributed by atoms with E-state index in [1.54, 1.807) is 19.1 Å². The van der Waals surface area contributed by atoms with Crippen LogP contribution in [0.1, 0.15) is 26.0 Å². The standard InChI is InChI=1S/C16H17FO3/c1-3-5-6-7-12-10-11-8-9-13(19-4-2)15(17)14(11)16(18)20-12/h3,5,8-10H,4,6-7H2,1-2H3/b5-3+. The fraction of sp³-hybridized carbons (Fsp3) is 0.312.